The third kappa shape index (κ3) is 1.94. The van der Waals surface area contributed by atoms with E-state index in [-0.39, 0.29) is 0 Å². The molecule has 0 heterocycles. The number of nitrogens with two attached hydrogens (primary N) is 1. The van der Waals surface area contributed by atoms with Gasteiger partial charge >= 0.3 is 0 Å². The van der Waals surface area contributed by atoms with Gasteiger partial charge in [-0.05, 0) is 37.8 Å². The van der Waals surface area contributed by atoms with Crippen LogP contribution in [0.25, 0.3) is 0 Å². The number of rotatable bonds is 2. The van der Waals surface area contributed by atoms with E-state index >= 15 is 0 Å². The van der Waals surface area contributed by atoms with Gasteiger partial charge < -0.3 is 11.1 Å². The Labute approximate surface area is 80.2 Å². The highest BCUT2D eigenvalue weighted by molar-refractivity contribution is 5.42. The largest absolute Gasteiger partial charge is 0.397 e. The Morgan fingerprint density at radius 3 is 2.62 bits per heavy atom. The quantitative estimate of drug-likeness (QED) is 0.679. The van der Waals surface area contributed by atoms with Gasteiger partial charge in [-0.3, -0.25) is 0 Å². The Morgan fingerprint density at radius 2 is 2.08 bits per heavy atom. The fourth-order valence-electron chi connectivity index (χ4n) is 1.69. The SMILES string of the molecule is C/C=C/C1=C(N)C(NC)=C(C)CC1. The molecular formula is C11H18N2. The topological polar surface area (TPSA) is 38.0 Å². The third-order valence-electron chi connectivity index (χ3n) is 2.43. The molecule has 1 aliphatic carbocycles. The molecule has 0 bridgehead atoms. The molecule has 2 heteroatoms. The first kappa shape index (κ1) is 9.90. The van der Waals surface area contributed by atoms with E-state index in [2.05, 4.69) is 18.3 Å². The van der Waals surface area contributed by atoms with Crippen molar-refractivity contribution in [1.82, 2.24) is 5.32 Å². The molecule has 0 aromatic rings. The minimum Gasteiger partial charge on any atom is -0.397 e. The van der Waals surface area contributed by atoms with Crippen molar-refractivity contribution in [3.8, 4) is 0 Å². The average molecular weight is 178 g/mol. The molecule has 2 nitrogen and oxygen atoms in total. The van der Waals surface area contributed by atoms with Crippen LogP contribution in [0.2, 0.25) is 0 Å². The maximum absolute atomic E-state index is 6.02. The van der Waals surface area contributed by atoms with Crippen LogP contribution in [0.3, 0.4) is 0 Å². The number of nitrogens with one attached hydrogen (secondary N) is 1. The Bertz CT molecular complexity index is 282. The molecule has 0 aromatic carbocycles. The van der Waals surface area contributed by atoms with Crippen molar-refractivity contribution in [3.05, 3.63) is 34.7 Å². The van der Waals surface area contributed by atoms with E-state index in [1.807, 2.05) is 20.0 Å². The third-order valence-corrected chi connectivity index (χ3v) is 2.43. The summed E-state index contributed by atoms with van der Waals surface area (Å²) >= 11 is 0. The van der Waals surface area contributed by atoms with E-state index in [0.717, 1.165) is 24.2 Å². The van der Waals surface area contributed by atoms with Crippen LogP contribution in [0.1, 0.15) is 26.7 Å². The average Bonchev–Trinajstić information content (AvgIpc) is 2.11. The highest BCUT2D eigenvalue weighted by atomic mass is 14.9. The molecule has 1 rings (SSSR count). The predicted molar refractivity (Wildman–Crippen MR) is 57.0 cm³/mol. The van der Waals surface area contributed by atoms with Crippen molar-refractivity contribution in [1.29, 1.82) is 0 Å². The normalized spacial score (nSPS) is 18.7. The first-order valence-electron chi connectivity index (χ1n) is 4.70. The maximum atomic E-state index is 6.02. The van der Waals surface area contributed by atoms with Crippen LogP contribution in [-0.4, -0.2) is 7.05 Å². The highest BCUT2D eigenvalue weighted by Gasteiger charge is 2.13. The lowest BCUT2D eigenvalue weighted by Crippen LogP contribution is -2.20. The monoisotopic (exact) mass is 178 g/mol. The van der Waals surface area contributed by atoms with E-state index in [4.69, 9.17) is 5.73 Å². The molecule has 0 aromatic heterocycles. The van der Waals surface area contributed by atoms with Crippen molar-refractivity contribution < 1.29 is 0 Å². The van der Waals surface area contributed by atoms with Crippen molar-refractivity contribution in [2.24, 2.45) is 5.73 Å². The van der Waals surface area contributed by atoms with Gasteiger partial charge in [0.2, 0.25) is 0 Å². The van der Waals surface area contributed by atoms with Crippen LogP contribution >= 0.6 is 0 Å². The Morgan fingerprint density at radius 1 is 1.38 bits per heavy atom. The van der Waals surface area contributed by atoms with Gasteiger partial charge in [0.05, 0.1) is 11.4 Å². The summed E-state index contributed by atoms with van der Waals surface area (Å²) in [5.41, 5.74) is 10.6. The van der Waals surface area contributed by atoms with E-state index < -0.39 is 0 Å². The Kier molecular flexibility index (Phi) is 3.18. The summed E-state index contributed by atoms with van der Waals surface area (Å²) < 4.78 is 0. The van der Waals surface area contributed by atoms with Gasteiger partial charge in [-0.1, -0.05) is 12.2 Å². The summed E-state index contributed by atoms with van der Waals surface area (Å²) in [5, 5.41) is 3.15. The van der Waals surface area contributed by atoms with E-state index in [1.165, 1.54) is 11.1 Å². The smallest absolute Gasteiger partial charge is 0.0581 e. The van der Waals surface area contributed by atoms with Crippen molar-refractivity contribution in [2.45, 2.75) is 26.7 Å². The van der Waals surface area contributed by atoms with E-state index in [0.29, 0.717) is 0 Å². The standard InChI is InChI=1S/C11H18N2/c1-4-5-9-7-6-8(2)11(13-3)10(9)12/h4-5,13H,6-7,12H2,1-3H3/b5-4+. The fourth-order valence-corrected chi connectivity index (χ4v) is 1.69. The molecule has 0 aliphatic heterocycles. The second-order valence-corrected chi connectivity index (χ2v) is 3.34. The van der Waals surface area contributed by atoms with Gasteiger partial charge in [0.25, 0.3) is 0 Å². The predicted octanol–water partition coefficient (Wildman–Crippen LogP) is 2.06. The first-order chi connectivity index (χ1) is 6.20. The molecule has 0 atom stereocenters. The molecule has 0 saturated heterocycles. The van der Waals surface area contributed by atoms with Gasteiger partial charge in [0, 0.05) is 7.05 Å². The van der Waals surface area contributed by atoms with Crippen LogP contribution in [-0.2, 0) is 0 Å². The zero-order chi connectivity index (χ0) is 9.84. The minimum absolute atomic E-state index is 0.907. The van der Waals surface area contributed by atoms with Gasteiger partial charge in [0.15, 0.2) is 0 Å². The lowest BCUT2D eigenvalue weighted by Gasteiger charge is -2.20. The molecular weight excluding hydrogens is 160 g/mol. The molecule has 0 unspecified atom stereocenters. The lowest BCUT2D eigenvalue weighted by atomic mass is 9.94. The lowest BCUT2D eigenvalue weighted by molar-refractivity contribution is 0.825. The van der Waals surface area contributed by atoms with E-state index in [9.17, 15) is 0 Å². The van der Waals surface area contributed by atoms with Gasteiger partial charge in [-0.2, -0.15) is 0 Å². The molecule has 0 fully saturated rings. The summed E-state index contributed by atoms with van der Waals surface area (Å²) in [6.45, 7) is 4.15. The van der Waals surface area contributed by atoms with Crippen LogP contribution < -0.4 is 11.1 Å². The molecule has 72 valence electrons. The molecule has 1 aliphatic rings. The highest BCUT2D eigenvalue weighted by Crippen LogP contribution is 2.26. The van der Waals surface area contributed by atoms with Crippen LogP contribution in [0.15, 0.2) is 34.7 Å². The molecule has 13 heavy (non-hydrogen) atoms. The molecule has 0 radical (unpaired) electrons. The summed E-state index contributed by atoms with van der Waals surface area (Å²) in [6.07, 6.45) is 6.30. The van der Waals surface area contributed by atoms with Gasteiger partial charge in [0.1, 0.15) is 0 Å². The number of hydrogen-bond acceptors (Lipinski definition) is 2. The molecule has 0 amide bonds. The summed E-state index contributed by atoms with van der Waals surface area (Å²) in [6, 6.07) is 0. The number of allylic oxidation sites excluding steroid dienone is 4. The summed E-state index contributed by atoms with van der Waals surface area (Å²) in [5.74, 6) is 0. The molecule has 0 spiro atoms. The fraction of sp³-hybridized carbons (Fsp3) is 0.455. The Hall–Kier alpha value is -1.18. The van der Waals surface area contributed by atoms with Gasteiger partial charge in [-0.25, -0.2) is 0 Å². The zero-order valence-electron chi connectivity index (χ0n) is 8.65. The van der Waals surface area contributed by atoms with Crippen LogP contribution in [0, 0.1) is 0 Å². The Balaban J connectivity index is 3.04. The minimum atomic E-state index is 0.907. The van der Waals surface area contributed by atoms with Crippen molar-refractivity contribution in [2.75, 3.05) is 7.05 Å². The maximum Gasteiger partial charge on any atom is 0.0581 e. The van der Waals surface area contributed by atoms with Crippen molar-refractivity contribution >= 4 is 0 Å². The van der Waals surface area contributed by atoms with Crippen LogP contribution in [0.5, 0.6) is 0 Å². The summed E-state index contributed by atoms with van der Waals surface area (Å²) in [4.78, 5) is 0. The molecule has 3 N–H and O–H groups in total. The zero-order valence-corrected chi connectivity index (χ0v) is 8.65. The summed E-state index contributed by atoms with van der Waals surface area (Å²) in [7, 11) is 1.92. The van der Waals surface area contributed by atoms with Gasteiger partial charge in [-0.15, -0.1) is 0 Å². The number of likely N-dealkylation sites (N-methyl/N-ethyl adjacent to an activating group) is 1. The van der Waals surface area contributed by atoms with E-state index in [1.54, 1.807) is 0 Å². The van der Waals surface area contributed by atoms with Crippen molar-refractivity contribution in [3.63, 3.8) is 0 Å². The second kappa shape index (κ2) is 4.17. The second-order valence-electron chi connectivity index (χ2n) is 3.34. The molecule has 0 saturated carbocycles. The van der Waals surface area contributed by atoms with Crippen LogP contribution in [0.4, 0.5) is 0 Å². The number of hydrogen-bond donors (Lipinski definition) is 2. The first-order valence-corrected chi connectivity index (χ1v) is 4.70.